The summed E-state index contributed by atoms with van der Waals surface area (Å²) < 4.78 is 67.4. The molecule has 7 atom stereocenters. The van der Waals surface area contributed by atoms with Crippen molar-refractivity contribution in [3.05, 3.63) is 23.2 Å². The highest BCUT2D eigenvalue weighted by Gasteiger charge is 2.56. The first-order valence-corrected chi connectivity index (χ1v) is 16.2. The number of hydrogen-bond donors (Lipinski definition) is 7. The Hall–Kier alpha value is -2.46. The first-order chi connectivity index (χ1) is 19.5. The monoisotopic (exact) mass is 674 g/mol. The Balaban J connectivity index is 1.38. The van der Waals surface area contributed by atoms with Crippen molar-refractivity contribution >= 4 is 64.5 Å². The molecule has 0 aliphatic carbocycles. The number of hydrogen-bond acceptors (Lipinski definition) is 15. The van der Waals surface area contributed by atoms with Gasteiger partial charge in [-0.2, -0.15) is 13.7 Å². The number of imidazole rings is 1. The van der Waals surface area contributed by atoms with E-state index in [1.807, 2.05) is 0 Å². The summed E-state index contributed by atoms with van der Waals surface area (Å²) in [5.41, 5.74) is 6.26. The number of ether oxygens (including phenoxy) is 3. The second kappa shape index (κ2) is 11.2. The molecule has 2 fully saturated rings. The molecule has 0 aromatic carbocycles. The van der Waals surface area contributed by atoms with Gasteiger partial charge < -0.3 is 49.8 Å². The van der Waals surface area contributed by atoms with Crippen LogP contribution >= 0.6 is 35.7 Å². The van der Waals surface area contributed by atoms with Gasteiger partial charge in [-0.1, -0.05) is 12.2 Å². The van der Waals surface area contributed by atoms with Gasteiger partial charge >= 0.3 is 23.5 Å². The molecule has 2 saturated heterocycles. The fourth-order valence-corrected chi connectivity index (χ4v) is 7.39. The van der Waals surface area contributed by atoms with Gasteiger partial charge in [-0.3, -0.25) is 18.6 Å². The summed E-state index contributed by atoms with van der Waals surface area (Å²) in [5, 5.41) is 6.51. The van der Waals surface area contributed by atoms with E-state index in [4.69, 9.17) is 46.5 Å². The lowest BCUT2D eigenvalue weighted by atomic mass is 10.1. The largest absolute Gasteiger partial charge is 0.490 e. The number of H-pyrrole nitrogens is 1. The molecule has 5 heterocycles. The Bertz CT molecular complexity index is 1720. The van der Waals surface area contributed by atoms with Crippen molar-refractivity contribution in [2.45, 2.75) is 30.8 Å². The minimum atomic E-state index is -5.76. The molecule has 22 nitrogen and oxygen atoms in total. The topological polar surface area (TPSA) is 307 Å². The maximum Gasteiger partial charge on any atom is 0.490 e. The van der Waals surface area contributed by atoms with Gasteiger partial charge in [0.05, 0.1) is 19.1 Å². The summed E-state index contributed by atoms with van der Waals surface area (Å²) in [6.07, 6.45) is -3.47. The number of carbonyl (C=O) groups excluding carboxylic acids is 1. The number of carbonyl (C=O) groups is 1. The van der Waals surface area contributed by atoms with Crippen LogP contribution in [0.3, 0.4) is 0 Å². The van der Waals surface area contributed by atoms with Crippen molar-refractivity contribution in [2.24, 2.45) is 7.05 Å². The highest BCUT2D eigenvalue weighted by atomic mass is 32.1. The Kier molecular flexibility index (Phi) is 8.28. The Morgan fingerprint density at radius 3 is 2.55 bits per heavy atom. The SMILES string of the molecule is Cn1nccc1NC(=O)C1OC2C(COP(=O)(O)OP(=O)(O)OP(=O)(O)O)OC(n3cnc4c(=S)nc(N)[nH]c43)C2O1. The van der Waals surface area contributed by atoms with E-state index in [1.165, 1.54) is 27.8 Å². The van der Waals surface area contributed by atoms with Gasteiger partial charge in [-0.25, -0.2) is 23.7 Å². The summed E-state index contributed by atoms with van der Waals surface area (Å²) in [7, 11) is -15.3. The van der Waals surface area contributed by atoms with Gasteiger partial charge in [0.25, 0.3) is 5.91 Å². The van der Waals surface area contributed by atoms with Crippen LogP contribution in [0.2, 0.25) is 0 Å². The molecule has 0 saturated carbocycles. The molecule has 0 radical (unpaired) electrons. The van der Waals surface area contributed by atoms with Crippen molar-refractivity contribution in [3.63, 3.8) is 0 Å². The predicted molar refractivity (Wildman–Crippen MR) is 136 cm³/mol. The third-order valence-corrected chi connectivity index (χ3v) is 9.78. The lowest BCUT2D eigenvalue weighted by Crippen LogP contribution is -2.34. The molecule has 0 bridgehead atoms. The molecular formula is C16H21N8O14P3S. The summed E-state index contributed by atoms with van der Waals surface area (Å²) in [6, 6.07) is 1.52. The molecule has 26 heteroatoms. The van der Waals surface area contributed by atoms with Crippen LogP contribution in [-0.2, 0) is 52.9 Å². The molecule has 42 heavy (non-hydrogen) atoms. The highest BCUT2D eigenvalue weighted by Crippen LogP contribution is 2.66. The number of nitrogens with two attached hydrogens (primary N) is 1. The van der Waals surface area contributed by atoms with Crippen molar-refractivity contribution in [3.8, 4) is 0 Å². The highest BCUT2D eigenvalue weighted by molar-refractivity contribution is 7.71. The van der Waals surface area contributed by atoms with E-state index >= 15 is 0 Å². The summed E-state index contributed by atoms with van der Waals surface area (Å²) in [6.45, 7) is -0.882. The Morgan fingerprint density at radius 1 is 1.17 bits per heavy atom. The van der Waals surface area contributed by atoms with Crippen LogP contribution < -0.4 is 11.1 Å². The standard InChI is InChI=1S/C16H21N8O14P3S/c1-23-7(2-3-19-23)20-12(25)15-35-9-6(4-33-40(29,30)38-41(31,32)37-39(26,27)28)34-14(10(9)36-15)24-5-18-8-11(24)21-16(17)22-13(8)42/h2-3,5-6,9-10,14-15H,4H2,1H3,(H,20,25)(H,29,30)(H,31,32)(H2,26,27,28)(H3,17,21,22,42). The van der Waals surface area contributed by atoms with Gasteiger partial charge in [0.1, 0.15) is 35.3 Å². The number of amides is 1. The third kappa shape index (κ3) is 6.69. The predicted octanol–water partition coefficient (Wildman–Crippen LogP) is -0.206. The molecule has 7 unspecified atom stereocenters. The zero-order valence-corrected chi connectivity index (χ0v) is 24.3. The summed E-state index contributed by atoms with van der Waals surface area (Å²) >= 11 is 5.18. The lowest BCUT2D eigenvalue weighted by molar-refractivity contribution is -0.166. The third-order valence-electron chi connectivity index (χ3n) is 5.69. The van der Waals surface area contributed by atoms with E-state index in [9.17, 15) is 28.3 Å². The van der Waals surface area contributed by atoms with E-state index < -0.39 is 66.8 Å². The van der Waals surface area contributed by atoms with Gasteiger partial charge in [0, 0.05) is 13.1 Å². The summed E-state index contributed by atoms with van der Waals surface area (Å²) in [4.78, 5) is 60.5. The number of nitrogens with zero attached hydrogens (tertiary/aromatic N) is 5. The Labute approximate surface area is 238 Å². The first kappa shape index (κ1) is 31.0. The fraction of sp³-hybridized carbons (Fsp3) is 0.438. The number of rotatable bonds is 10. The maximum absolute atomic E-state index is 12.9. The number of fused-ring (bicyclic) bond motifs is 2. The van der Waals surface area contributed by atoms with Crippen LogP contribution in [0.15, 0.2) is 18.6 Å². The molecule has 1 amide bonds. The van der Waals surface area contributed by atoms with Gasteiger partial charge in [0.2, 0.25) is 6.29 Å². The molecule has 2 aliphatic rings. The van der Waals surface area contributed by atoms with Crippen LogP contribution in [-0.4, -0.2) is 86.0 Å². The molecule has 3 aromatic heterocycles. The minimum absolute atomic E-state index is 0.0509. The average molecular weight is 674 g/mol. The van der Waals surface area contributed by atoms with E-state index in [2.05, 4.69) is 34.0 Å². The quantitative estimate of drug-likeness (QED) is 0.108. The molecule has 5 rings (SSSR count). The smallest absolute Gasteiger partial charge is 0.369 e. The minimum Gasteiger partial charge on any atom is -0.369 e. The van der Waals surface area contributed by atoms with Crippen LogP contribution in [0.5, 0.6) is 0 Å². The molecule has 8 N–H and O–H groups in total. The van der Waals surface area contributed by atoms with Gasteiger partial charge in [-0.15, -0.1) is 0 Å². The van der Waals surface area contributed by atoms with Crippen LogP contribution in [0.1, 0.15) is 6.23 Å². The normalized spacial score (nSPS) is 27.0. The number of aromatic nitrogens is 6. The van der Waals surface area contributed by atoms with E-state index in [1.54, 1.807) is 7.05 Å². The zero-order chi connectivity index (χ0) is 30.6. The number of aromatic amines is 1. The van der Waals surface area contributed by atoms with E-state index in [0.29, 0.717) is 5.82 Å². The molecular weight excluding hydrogens is 653 g/mol. The molecule has 230 valence electrons. The lowest BCUT2D eigenvalue weighted by Gasteiger charge is -2.22. The maximum atomic E-state index is 12.9. The number of phosphoric acid groups is 3. The van der Waals surface area contributed by atoms with Crippen molar-refractivity contribution in [1.29, 1.82) is 0 Å². The number of anilines is 2. The van der Waals surface area contributed by atoms with Crippen LogP contribution in [0.4, 0.5) is 11.8 Å². The van der Waals surface area contributed by atoms with Gasteiger partial charge in [0.15, 0.2) is 16.8 Å². The first-order valence-electron chi connectivity index (χ1n) is 11.3. The average Bonchev–Trinajstić information content (AvgIpc) is 3.60. The number of aryl methyl sites for hydroxylation is 1. The molecule has 3 aromatic rings. The van der Waals surface area contributed by atoms with Crippen LogP contribution in [0.25, 0.3) is 11.2 Å². The molecule has 0 spiro atoms. The van der Waals surface area contributed by atoms with Crippen molar-refractivity contribution < 1.29 is 65.4 Å². The van der Waals surface area contributed by atoms with Crippen molar-refractivity contribution in [1.82, 2.24) is 29.3 Å². The van der Waals surface area contributed by atoms with E-state index in [0.717, 1.165) is 0 Å². The van der Waals surface area contributed by atoms with Crippen molar-refractivity contribution in [2.75, 3.05) is 17.7 Å². The number of phosphoric ester groups is 1. The number of nitrogens with one attached hydrogen (secondary N) is 2. The second-order valence-electron chi connectivity index (χ2n) is 8.59. The Morgan fingerprint density at radius 2 is 1.88 bits per heavy atom. The van der Waals surface area contributed by atoms with E-state index in [-0.39, 0.29) is 21.8 Å². The second-order valence-corrected chi connectivity index (χ2v) is 13.4. The number of nitrogen functional groups attached to an aromatic ring is 1. The zero-order valence-electron chi connectivity index (χ0n) is 20.8. The fourth-order valence-electron chi connectivity index (χ4n) is 4.12. The summed E-state index contributed by atoms with van der Waals surface area (Å²) in [5.74, 6) is -0.468. The molecule has 2 aliphatic heterocycles. The van der Waals surface area contributed by atoms with Gasteiger partial charge in [-0.05, 0) is 0 Å². The van der Waals surface area contributed by atoms with Crippen LogP contribution in [0, 0.1) is 4.64 Å².